The van der Waals surface area contributed by atoms with Crippen LogP contribution in [-0.2, 0) is 0 Å². The second kappa shape index (κ2) is 7.06. The molecule has 2 rings (SSSR count). The number of nitrogens with zero attached hydrogens (tertiary/aromatic N) is 3. The summed E-state index contributed by atoms with van der Waals surface area (Å²) in [6, 6.07) is 5.02. The molecule has 1 heterocycles. The summed E-state index contributed by atoms with van der Waals surface area (Å²) in [4.78, 5) is 7.37. The molecule has 0 bridgehead atoms. The van der Waals surface area contributed by atoms with Crippen LogP contribution in [-0.4, -0.2) is 28.7 Å². The first kappa shape index (κ1) is 18.7. The average Bonchev–Trinajstić information content (AvgIpc) is 2.54. The van der Waals surface area contributed by atoms with Gasteiger partial charge < -0.3 is 9.47 Å². The summed E-state index contributed by atoms with van der Waals surface area (Å²) in [5, 5.41) is 9.18. The molecule has 2 aromatic rings. The van der Waals surface area contributed by atoms with Gasteiger partial charge >= 0.3 is 18.1 Å². The Labute approximate surface area is 142 Å². The van der Waals surface area contributed by atoms with Gasteiger partial charge in [0, 0.05) is 0 Å². The molecule has 25 heavy (non-hydrogen) atoms. The van der Waals surface area contributed by atoms with Gasteiger partial charge in [0.05, 0.1) is 23.0 Å². The summed E-state index contributed by atoms with van der Waals surface area (Å²) in [6.07, 6.45) is -3.44. The lowest BCUT2D eigenvalue weighted by Gasteiger charge is -2.21. The zero-order valence-corrected chi connectivity index (χ0v) is 12.8. The Balaban J connectivity index is 2.30. The number of rotatable bonds is 5. The third-order valence-electron chi connectivity index (χ3n) is 2.71. The smallest absolute Gasteiger partial charge is 0.456 e. The van der Waals surface area contributed by atoms with Crippen LogP contribution in [0.3, 0.4) is 0 Å². The second-order valence-electron chi connectivity index (χ2n) is 4.52. The number of halogens is 6. The first-order valence-electron chi connectivity index (χ1n) is 6.40. The van der Waals surface area contributed by atoms with Gasteiger partial charge in [-0.05, 0) is 12.1 Å². The van der Waals surface area contributed by atoms with Gasteiger partial charge in [0.15, 0.2) is 18.1 Å². The van der Waals surface area contributed by atoms with Gasteiger partial charge in [-0.1, -0.05) is 17.7 Å². The molecule has 0 saturated carbocycles. The number of nitriles is 1. The van der Waals surface area contributed by atoms with E-state index in [0.717, 1.165) is 6.07 Å². The molecule has 0 aliphatic carbocycles. The molecule has 0 radical (unpaired) electrons. The van der Waals surface area contributed by atoms with Gasteiger partial charge in [-0.2, -0.15) is 27.2 Å². The lowest BCUT2D eigenvalue weighted by molar-refractivity contribution is -0.290. The zero-order valence-electron chi connectivity index (χ0n) is 12.0. The number of alkyl halides is 5. The summed E-state index contributed by atoms with van der Waals surface area (Å²) in [7, 11) is 0. The van der Waals surface area contributed by atoms with Gasteiger partial charge in [0.2, 0.25) is 0 Å². The summed E-state index contributed by atoms with van der Waals surface area (Å²) in [5.41, 5.74) is -0.301. The maximum Gasteiger partial charge on any atom is 0.456 e. The first-order valence-corrected chi connectivity index (χ1v) is 6.78. The number of benzene rings is 1. The van der Waals surface area contributed by atoms with Crippen LogP contribution in [0.25, 0.3) is 0 Å². The van der Waals surface area contributed by atoms with E-state index in [-0.39, 0.29) is 22.3 Å². The minimum atomic E-state index is -5.80. The molecule has 1 aromatic heterocycles. The Morgan fingerprint density at radius 1 is 1.12 bits per heavy atom. The minimum absolute atomic E-state index is 0.194. The van der Waals surface area contributed by atoms with E-state index in [1.54, 1.807) is 6.07 Å². The van der Waals surface area contributed by atoms with Crippen LogP contribution in [0, 0.1) is 11.3 Å². The fraction of sp³-hybridized carbons (Fsp3) is 0.214. The predicted molar refractivity (Wildman–Crippen MR) is 74.8 cm³/mol. The van der Waals surface area contributed by atoms with Crippen molar-refractivity contribution in [3.63, 3.8) is 0 Å². The molecule has 11 heteroatoms. The topological polar surface area (TPSA) is 68.0 Å². The van der Waals surface area contributed by atoms with Crippen molar-refractivity contribution in [3.05, 3.63) is 41.2 Å². The Bertz CT molecular complexity index is 791. The van der Waals surface area contributed by atoms with Gasteiger partial charge in [0.1, 0.15) is 6.07 Å². The van der Waals surface area contributed by atoms with Crippen molar-refractivity contribution >= 4 is 11.6 Å². The van der Waals surface area contributed by atoms with Crippen molar-refractivity contribution in [3.8, 4) is 23.6 Å². The summed E-state index contributed by atoms with van der Waals surface area (Å²) in [6.45, 7) is -2.02. The van der Waals surface area contributed by atoms with E-state index >= 15 is 0 Å². The molecule has 0 N–H and O–H groups in total. The van der Waals surface area contributed by atoms with E-state index in [0.29, 0.717) is 0 Å². The quantitative estimate of drug-likeness (QED) is 0.722. The van der Waals surface area contributed by atoms with E-state index in [9.17, 15) is 22.0 Å². The Morgan fingerprint density at radius 3 is 2.32 bits per heavy atom. The molecule has 0 atom stereocenters. The van der Waals surface area contributed by atoms with E-state index < -0.39 is 24.5 Å². The van der Waals surface area contributed by atoms with Crippen LogP contribution in [0.1, 0.15) is 5.56 Å². The number of para-hydroxylation sites is 1. The van der Waals surface area contributed by atoms with E-state index in [1.165, 1.54) is 24.5 Å². The first-order chi connectivity index (χ1) is 11.6. The molecule has 0 amide bonds. The highest BCUT2D eigenvalue weighted by Crippen LogP contribution is 2.38. The van der Waals surface area contributed by atoms with Crippen molar-refractivity contribution in [1.29, 1.82) is 5.26 Å². The molecule has 0 aliphatic rings. The number of hydrogen-bond donors (Lipinski definition) is 0. The van der Waals surface area contributed by atoms with Crippen LogP contribution in [0.15, 0.2) is 30.6 Å². The monoisotopic (exact) mass is 379 g/mol. The Kier molecular flexibility index (Phi) is 5.27. The summed E-state index contributed by atoms with van der Waals surface area (Å²) in [5.74, 6) is -6.00. The van der Waals surface area contributed by atoms with Gasteiger partial charge in [-0.25, -0.2) is 9.97 Å². The van der Waals surface area contributed by atoms with Crippen molar-refractivity contribution in [2.24, 2.45) is 0 Å². The standard InChI is InChI=1S/C14H7ClF5N3O2/c15-9-5-22-12(23-6-9)25-10-3-1-2-8(4-21)11(10)24-7-13(16,17)14(18,19)20/h1-3,5-6H,7H2. The Hall–Kier alpha value is -2.67. The molecule has 0 fully saturated rings. The van der Waals surface area contributed by atoms with Crippen LogP contribution in [0.4, 0.5) is 22.0 Å². The molecule has 132 valence electrons. The molecule has 0 unspecified atom stereocenters. The predicted octanol–water partition coefficient (Wildman–Crippen LogP) is 4.37. The highest BCUT2D eigenvalue weighted by Gasteiger charge is 2.58. The van der Waals surface area contributed by atoms with Crippen LogP contribution in [0.2, 0.25) is 5.02 Å². The number of hydrogen-bond acceptors (Lipinski definition) is 5. The van der Waals surface area contributed by atoms with Crippen LogP contribution in [0.5, 0.6) is 17.5 Å². The normalized spacial score (nSPS) is 11.7. The highest BCUT2D eigenvalue weighted by atomic mass is 35.5. The SMILES string of the molecule is N#Cc1cccc(Oc2ncc(Cl)cn2)c1OCC(F)(F)C(F)(F)F. The summed E-state index contributed by atoms with van der Waals surface area (Å²) >= 11 is 5.60. The molecular formula is C14H7ClF5N3O2. The molecule has 0 aliphatic heterocycles. The molecular weight excluding hydrogens is 373 g/mol. The van der Waals surface area contributed by atoms with Crippen molar-refractivity contribution < 1.29 is 31.4 Å². The zero-order chi connectivity index (χ0) is 18.7. The number of aromatic nitrogens is 2. The number of ether oxygens (including phenoxy) is 2. The van der Waals surface area contributed by atoms with Crippen molar-refractivity contribution in [2.75, 3.05) is 6.61 Å². The third kappa shape index (κ3) is 4.45. The fourth-order valence-corrected chi connectivity index (χ4v) is 1.63. The summed E-state index contributed by atoms with van der Waals surface area (Å²) < 4.78 is 72.5. The fourth-order valence-electron chi connectivity index (χ4n) is 1.53. The van der Waals surface area contributed by atoms with E-state index in [2.05, 4.69) is 14.7 Å². The molecule has 0 spiro atoms. The van der Waals surface area contributed by atoms with Crippen LogP contribution >= 0.6 is 11.6 Å². The lowest BCUT2D eigenvalue weighted by atomic mass is 10.2. The second-order valence-corrected chi connectivity index (χ2v) is 4.96. The maximum absolute atomic E-state index is 13.0. The molecule has 5 nitrogen and oxygen atoms in total. The largest absolute Gasteiger partial charge is 0.482 e. The minimum Gasteiger partial charge on any atom is -0.482 e. The van der Waals surface area contributed by atoms with E-state index in [1.807, 2.05) is 0 Å². The lowest BCUT2D eigenvalue weighted by Crippen LogP contribution is -2.41. The average molecular weight is 380 g/mol. The van der Waals surface area contributed by atoms with Gasteiger partial charge in [-0.15, -0.1) is 0 Å². The Morgan fingerprint density at radius 2 is 1.76 bits per heavy atom. The van der Waals surface area contributed by atoms with Crippen molar-refractivity contribution in [1.82, 2.24) is 9.97 Å². The molecule has 0 saturated heterocycles. The third-order valence-corrected chi connectivity index (χ3v) is 2.90. The van der Waals surface area contributed by atoms with Gasteiger partial charge in [0.25, 0.3) is 0 Å². The van der Waals surface area contributed by atoms with Gasteiger partial charge in [-0.3, -0.25) is 0 Å². The molecule has 1 aromatic carbocycles. The van der Waals surface area contributed by atoms with E-state index in [4.69, 9.17) is 21.6 Å². The maximum atomic E-state index is 13.0. The highest BCUT2D eigenvalue weighted by molar-refractivity contribution is 6.30. The van der Waals surface area contributed by atoms with Crippen LogP contribution < -0.4 is 9.47 Å². The van der Waals surface area contributed by atoms with Crippen molar-refractivity contribution in [2.45, 2.75) is 12.1 Å².